The second-order valence-corrected chi connectivity index (χ2v) is 7.37. The summed E-state index contributed by atoms with van der Waals surface area (Å²) in [5.74, 6) is 0. The second-order valence-electron chi connectivity index (χ2n) is 7.37. The number of hydrogen-bond acceptors (Lipinski definition) is 4. The highest BCUT2D eigenvalue weighted by Gasteiger charge is 2.25. The largest absolute Gasteiger partial charge is 0.447 e. The number of carbonyl (C=O) groups is 1. The Morgan fingerprint density at radius 1 is 1.35 bits per heavy atom. The van der Waals surface area contributed by atoms with Gasteiger partial charge >= 0.3 is 6.09 Å². The number of methoxy groups -OCH3 is 1. The van der Waals surface area contributed by atoms with Crippen molar-refractivity contribution >= 4 is 17.0 Å². The van der Waals surface area contributed by atoms with Gasteiger partial charge in [0.1, 0.15) is 6.61 Å². The lowest BCUT2D eigenvalue weighted by Gasteiger charge is -2.24. The maximum atomic E-state index is 11.2. The lowest BCUT2D eigenvalue weighted by Crippen LogP contribution is -2.33. The smallest absolute Gasteiger partial charge is 0.407 e. The Morgan fingerprint density at radius 3 is 3.08 bits per heavy atom. The van der Waals surface area contributed by atoms with E-state index in [1.807, 2.05) is 0 Å². The number of nitrogens with zero attached hydrogens (tertiary/aromatic N) is 1. The molecule has 6 heteroatoms. The Bertz CT molecular complexity index is 773. The molecule has 4 rings (SSSR count). The molecule has 0 radical (unpaired) electrons. The Balaban J connectivity index is 1.48. The van der Waals surface area contributed by atoms with E-state index in [1.165, 1.54) is 41.4 Å². The van der Waals surface area contributed by atoms with Crippen LogP contribution in [0.25, 0.3) is 10.9 Å². The molecule has 26 heavy (non-hydrogen) atoms. The van der Waals surface area contributed by atoms with Crippen LogP contribution in [0.3, 0.4) is 0 Å². The van der Waals surface area contributed by atoms with E-state index in [-0.39, 0.29) is 12.1 Å². The molecule has 2 saturated heterocycles. The number of rotatable bonds is 7. The highest BCUT2D eigenvalue weighted by atomic mass is 16.6. The topological polar surface area (TPSA) is 66.6 Å². The molecule has 1 aromatic carbocycles. The predicted molar refractivity (Wildman–Crippen MR) is 100 cm³/mol. The molecular weight excluding hydrogens is 330 g/mol. The summed E-state index contributed by atoms with van der Waals surface area (Å²) in [6.07, 6.45) is 6.23. The predicted octanol–water partition coefficient (Wildman–Crippen LogP) is 2.47. The molecule has 2 aliphatic heterocycles. The molecule has 0 spiro atoms. The summed E-state index contributed by atoms with van der Waals surface area (Å²) in [6, 6.07) is 7.20. The van der Waals surface area contributed by atoms with Crippen molar-refractivity contribution in [2.45, 2.75) is 37.8 Å². The van der Waals surface area contributed by atoms with Crippen LogP contribution in [0.2, 0.25) is 0 Å². The van der Waals surface area contributed by atoms with Crippen molar-refractivity contribution < 1.29 is 14.3 Å². The molecule has 2 aliphatic rings. The van der Waals surface area contributed by atoms with Gasteiger partial charge in [0, 0.05) is 36.8 Å². The van der Waals surface area contributed by atoms with Gasteiger partial charge in [-0.05, 0) is 55.5 Å². The maximum absolute atomic E-state index is 11.2. The molecule has 0 aliphatic carbocycles. The summed E-state index contributed by atoms with van der Waals surface area (Å²) in [7, 11) is 1.77. The minimum atomic E-state index is -0.309. The number of nitrogens with one attached hydrogen (secondary N) is 2. The number of likely N-dealkylation sites (tertiary alicyclic amines) is 1. The zero-order chi connectivity index (χ0) is 17.9. The quantitative estimate of drug-likeness (QED) is 0.799. The third-order valence-electron chi connectivity index (χ3n) is 5.59. The van der Waals surface area contributed by atoms with E-state index in [0.717, 1.165) is 26.0 Å². The van der Waals surface area contributed by atoms with E-state index in [1.54, 1.807) is 7.11 Å². The van der Waals surface area contributed by atoms with Crippen LogP contribution in [0.5, 0.6) is 0 Å². The molecule has 2 aromatic rings. The zero-order valence-corrected chi connectivity index (χ0v) is 15.3. The van der Waals surface area contributed by atoms with Gasteiger partial charge in [0.2, 0.25) is 0 Å². The fraction of sp³-hybridized carbons (Fsp3) is 0.550. The average Bonchev–Trinajstić information content (AvgIpc) is 3.35. The van der Waals surface area contributed by atoms with Crippen molar-refractivity contribution in [1.82, 2.24) is 15.2 Å². The molecule has 2 atom stereocenters. The lowest BCUT2D eigenvalue weighted by atomic mass is 10.00. The fourth-order valence-corrected chi connectivity index (χ4v) is 4.23. The zero-order valence-electron chi connectivity index (χ0n) is 15.3. The number of hydrogen-bond donors (Lipinski definition) is 2. The first kappa shape index (κ1) is 17.4. The lowest BCUT2D eigenvalue weighted by molar-refractivity contribution is 0.141. The molecule has 1 aromatic heterocycles. The Labute approximate surface area is 153 Å². The average molecular weight is 357 g/mol. The summed E-state index contributed by atoms with van der Waals surface area (Å²) < 4.78 is 10.3. The minimum absolute atomic E-state index is 0.0710. The fourth-order valence-electron chi connectivity index (χ4n) is 4.23. The van der Waals surface area contributed by atoms with Gasteiger partial charge in [0.25, 0.3) is 0 Å². The Kier molecular flexibility index (Phi) is 5.13. The van der Waals surface area contributed by atoms with Gasteiger partial charge in [-0.25, -0.2) is 4.79 Å². The first-order chi connectivity index (χ1) is 12.7. The molecule has 6 nitrogen and oxygen atoms in total. The SMILES string of the molecule is COCCN1CCCC1Cc1c[nH]c2ccc(CC3COC(=O)N3)cc12. The van der Waals surface area contributed by atoms with Gasteiger partial charge in [-0.15, -0.1) is 0 Å². The summed E-state index contributed by atoms with van der Waals surface area (Å²) >= 11 is 0. The number of alkyl carbamates (subject to hydrolysis) is 1. The molecular formula is C20H27N3O3. The van der Waals surface area contributed by atoms with Crippen LogP contribution < -0.4 is 5.32 Å². The van der Waals surface area contributed by atoms with Gasteiger partial charge in [0.15, 0.2) is 0 Å². The standard InChI is InChI=1S/C20H27N3O3/c1-25-8-7-23-6-2-3-17(23)11-15-12-21-19-5-4-14(10-18(15)19)9-16-13-26-20(24)22-16/h4-5,10,12,16-17,21H,2-3,6-9,11,13H2,1H3,(H,22,24). The van der Waals surface area contributed by atoms with Crippen LogP contribution in [0.4, 0.5) is 4.79 Å². The summed E-state index contributed by atoms with van der Waals surface area (Å²) in [5.41, 5.74) is 3.79. The van der Waals surface area contributed by atoms with E-state index in [2.05, 4.69) is 39.6 Å². The van der Waals surface area contributed by atoms with Crippen LogP contribution in [0.15, 0.2) is 24.4 Å². The Morgan fingerprint density at radius 2 is 2.27 bits per heavy atom. The highest BCUT2D eigenvalue weighted by molar-refractivity contribution is 5.84. The number of fused-ring (bicyclic) bond motifs is 1. The van der Waals surface area contributed by atoms with Crippen LogP contribution >= 0.6 is 0 Å². The molecule has 140 valence electrons. The second kappa shape index (κ2) is 7.68. The molecule has 0 bridgehead atoms. The van der Waals surface area contributed by atoms with Gasteiger partial charge in [-0.3, -0.25) is 4.90 Å². The van der Waals surface area contributed by atoms with E-state index in [0.29, 0.717) is 12.6 Å². The van der Waals surface area contributed by atoms with E-state index in [9.17, 15) is 4.79 Å². The monoisotopic (exact) mass is 357 g/mol. The van der Waals surface area contributed by atoms with Gasteiger partial charge in [0.05, 0.1) is 12.6 Å². The normalized spacial score (nSPS) is 23.5. The summed E-state index contributed by atoms with van der Waals surface area (Å²) in [6.45, 7) is 3.43. The van der Waals surface area contributed by atoms with Crippen molar-refractivity contribution in [2.24, 2.45) is 0 Å². The van der Waals surface area contributed by atoms with Crippen LogP contribution in [-0.2, 0) is 22.3 Å². The Hall–Kier alpha value is -2.05. The van der Waals surface area contributed by atoms with Crippen molar-refractivity contribution in [2.75, 3.05) is 33.4 Å². The number of cyclic esters (lactones) is 1. The van der Waals surface area contributed by atoms with Gasteiger partial charge < -0.3 is 19.8 Å². The van der Waals surface area contributed by atoms with Crippen molar-refractivity contribution in [1.29, 1.82) is 0 Å². The van der Waals surface area contributed by atoms with Crippen molar-refractivity contribution in [3.8, 4) is 0 Å². The summed E-state index contributed by atoms with van der Waals surface area (Å²) in [5, 5.41) is 4.15. The first-order valence-electron chi connectivity index (χ1n) is 9.48. The van der Waals surface area contributed by atoms with Gasteiger partial charge in [-0.1, -0.05) is 6.07 Å². The van der Waals surface area contributed by atoms with Crippen LogP contribution in [0, 0.1) is 0 Å². The minimum Gasteiger partial charge on any atom is -0.447 e. The van der Waals surface area contributed by atoms with Crippen LogP contribution in [-0.4, -0.2) is 61.5 Å². The molecule has 1 amide bonds. The molecule has 3 heterocycles. The van der Waals surface area contributed by atoms with Crippen molar-refractivity contribution in [3.05, 3.63) is 35.5 Å². The number of aromatic amines is 1. The number of carbonyl (C=O) groups excluding carboxylic acids is 1. The maximum Gasteiger partial charge on any atom is 0.407 e. The van der Waals surface area contributed by atoms with Gasteiger partial charge in [-0.2, -0.15) is 0 Å². The van der Waals surface area contributed by atoms with Crippen LogP contribution in [0.1, 0.15) is 24.0 Å². The number of H-pyrrole nitrogens is 1. The highest BCUT2D eigenvalue weighted by Crippen LogP contribution is 2.26. The van der Waals surface area contributed by atoms with E-state index in [4.69, 9.17) is 9.47 Å². The first-order valence-corrected chi connectivity index (χ1v) is 9.48. The molecule has 2 fully saturated rings. The third-order valence-corrected chi connectivity index (χ3v) is 5.59. The molecule has 2 unspecified atom stereocenters. The number of aromatic nitrogens is 1. The van der Waals surface area contributed by atoms with E-state index < -0.39 is 0 Å². The van der Waals surface area contributed by atoms with Crippen molar-refractivity contribution in [3.63, 3.8) is 0 Å². The molecule has 0 saturated carbocycles. The molecule has 2 N–H and O–H groups in total. The number of amides is 1. The number of ether oxygens (including phenoxy) is 2. The third kappa shape index (κ3) is 3.71. The van der Waals surface area contributed by atoms with E-state index >= 15 is 0 Å². The number of benzene rings is 1. The summed E-state index contributed by atoms with van der Waals surface area (Å²) in [4.78, 5) is 17.2.